The van der Waals surface area contributed by atoms with Crippen LogP contribution in [0.25, 0.3) is 16.3 Å². The average Bonchev–Trinajstić information content (AvgIpc) is 3.25. The molecule has 3 heterocycles. The van der Waals surface area contributed by atoms with Crippen LogP contribution in [0.3, 0.4) is 0 Å². The minimum absolute atomic E-state index is 0.200. The number of esters is 1. The third-order valence-corrected chi connectivity index (χ3v) is 6.91. The van der Waals surface area contributed by atoms with E-state index in [2.05, 4.69) is 11.4 Å². The molecular formula is C26H20N2O4S. The number of carbonyl (C=O) groups is 1. The largest absolute Gasteiger partial charge is 0.465 e. The number of thiazole rings is 1. The van der Waals surface area contributed by atoms with E-state index in [1.54, 1.807) is 17.4 Å². The molecule has 0 amide bonds. The molecule has 1 unspecified atom stereocenters. The van der Waals surface area contributed by atoms with Gasteiger partial charge in [-0.1, -0.05) is 59.9 Å². The van der Waals surface area contributed by atoms with Crippen molar-refractivity contribution in [2.45, 2.75) is 18.2 Å². The number of nitrogens with zero attached hydrogens (tertiary/aromatic N) is 1. The Kier molecular flexibility index (Phi) is 4.58. The van der Waals surface area contributed by atoms with Crippen molar-refractivity contribution in [2.75, 3.05) is 12.4 Å². The highest BCUT2D eigenvalue weighted by Gasteiger charge is 2.51. The number of benzene rings is 3. The van der Waals surface area contributed by atoms with Crippen LogP contribution in [0.2, 0.25) is 0 Å². The van der Waals surface area contributed by atoms with Gasteiger partial charge in [-0.3, -0.25) is 0 Å². The topological polar surface area (TPSA) is 69.7 Å². The van der Waals surface area contributed by atoms with Gasteiger partial charge in [0.25, 0.3) is 5.79 Å². The van der Waals surface area contributed by atoms with E-state index in [0.29, 0.717) is 23.5 Å². The maximum absolute atomic E-state index is 12.9. The molecule has 0 radical (unpaired) electrons. The molecule has 0 saturated heterocycles. The number of anilines is 1. The molecule has 0 saturated carbocycles. The van der Waals surface area contributed by atoms with Crippen molar-refractivity contribution < 1.29 is 19.0 Å². The van der Waals surface area contributed by atoms with Crippen LogP contribution in [-0.2, 0) is 9.53 Å². The Bertz CT molecular complexity index is 1380. The van der Waals surface area contributed by atoms with Gasteiger partial charge < -0.3 is 19.5 Å². The van der Waals surface area contributed by atoms with E-state index in [9.17, 15) is 4.79 Å². The SMILES string of the molecule is COC(=O)C1=Cc2ccccc2OC12C[C@H](Nc1nc3ccccc3s1)c1ccccc1O2. The molecule has 1 aromatic heterocycles. The maximum atomic E-state index is 12.9. The number of aromatic nitrogens is 1. The first-order chi connectivity index (χ1) is 16.1. The molecule has 6 rings (SSSR count). The Morgan fingerprint density at radius 2 is 1.76 bits per heavy atom. The van der Waals surface area contributed by atoms with Crippen LogP contribution >= 0.6 is 11.3 Å². The molecule has 0 aliphatic carbocycles. The third kappa shape index (κ3) is 3.32. The molecule has 2 aliphatic rings. The standard InChI is InChI=1S/C26H20N2O4S/c1-30-24(29)18-14-16-8-2-5-11-21(16)31-26(18)15-20(17-9-3-6-12-22(17)32-26)28-25-27-19-10-4-7-13-23(19)33-25/h2-14,20H,15H2,1H3,(H,27,28)/t20-,26?/m0/s1. The lowest BCUT2D eigenvalue weighted by Gasteiger charge is -2.44. The summed E-state index contributed by atoms with van der Waals surface area (Å²) in [6, 6.07) is 23.2. The van der Waals surface area contributed by atoms with Gasteiger partial charge in [-0.15, -0.1) is 0 Å². The molecule has 33 heavy (non-hydrogen) atoms. The highest BCUT2D eigenvalue weighted by molar-refractivity contribution is 7.22. The molecule has 2 atom stereocenters. The van der Waals surface area contributed by atoms with Crippen LogP contribution in [0.1, 0.15) is 23.6 Å². The van der Waals surface area contributed by atoms with Crippen LogP contribution in [-0.4, -0.2) is 23.9 Å². The van der Waals surface area contributed by atoms with Crippen LogP contribution < -0.4 is 14.8 Å². The number of carbonyl (C=O) groups excluding carboxylic acids is 1. The Hall–Kier alpha value is -3.84. The van der Waals surface area contributed by atoms with E-state index < -0.39 is 11.8 Å². The summed E-state index contributed by atoms with van der Waals surface area (Å²) in [7, 11) is 1.37. The van der Waals surface area contributed by atoms with E-state index >= 15 is 0 Å². The Balaban J connectivity index is 1.45. The normalized spacial score (nSPS) is 20.8. The maximum Gasteiger partial charge on any atom is 0.341 e. The smallest absolute Gasteiger partial charge is 0.341 e. The van der Waals surface area contributed by atoms with E-state index in [4.69, 9.17) is 19.2 Å². The van der Waals surface area contributed by atoms with Crippen LogP contribution in [0.4, 0.5) is 5.13 Å². The zero-order valence-electron chi connectivity index (χ0n) is 17.8. The number of fused-ring (bicyclic) bond motifs is 3. The summed E-state index contributed by atoms with van der Waals surface area (Å²) in [5.74, 6) is -0.508. The number of para-hydroxylation sites is 3. The Labute approximate surface area is 194 Å². The molecule has 0 bridgehead atoms. The van der Waals surface area contributed by atoms with Crippen LogP contribution in [0, 0.1) is 0 Å². The number of hydrogen-bond acceptors (Lipinski definition) is 7. The summed E-state index contributed by atoms with van der Waals surface area (Å²) < 4.78 is 19.1. The van der Waals surface area contributed by atoms with E-state index in [1.807, 2.05) is 66.7 Å². The summed E-state index contributed by atoms with van der Waals surface area (Å²) in [5.41, 5.74) is 3.06. The van der Waals surface area contributed by atoms with Gasteiger partial charge in [0.15, 0.2) is 5.13 Å². The van der Waals surface area contributed by atoms with Gasteiger partial charge in [-0.2, -0.15) is 0 Å². The third-order valence-electron chi connectivity index (χ3n) is 5.94. The fraction of sp³-hybridized carbons (Fsp3) is 0.154. The average molecular weight is 457 g/mol. The number of ether oxygens (including phenoxy) is 3. The predicted octanol–water partition coefficient (Wildman–Crippen LogP) is 5.58. The summed E-state index contributed by atoms with van der Waals surface area (Å²) in [6.45, 7) is 0. The fourth-order valence-corrected chi connectivity index (χ4v) is 5.33. The molecule has 6 nitrogen and oxygen atoms in total. The number of nitrogens with one attached hydrogen (secondary N) is 1. The highest BCUT2D eigenvalue weighted by atomic mass is 32.1. The molecule has 2 aliphatic heterocycles. The molecular weight excluding hydrogens is 436 g/mol. The van der Waals surface area contributed by atoms with Crippen molar-refractivity contribution in [1.82, 2.24) is 4.98 Å². The van der Waals surface area contributed by atoms with Gasteiger partial charge in [0.2, 0.25) is 0 Å². The Morgan fingerprint density at radius 1 is 1.03 bits per heavy atom. The molecule has 164 valence electrons. The number of methoxy groups -OCH3 is 1. The monoisotopic (exact) mass is 456 g/mol. The highest BCUT2D eigenvalue weighted by Crippen LogP contribution is 2.48. The first kappa shape index (κ1) is 19.8. The molecule has 7 heteroatoms. The number of hydrogen-bond donors (Lipinski definition) is 1. The molecule has 1 spiro atoms. The Morgan fingerprint density at radius 3 is 2.61 bits per heavy atom. The lowest BCUT2D eigenvalue weighted by molar-refractivity contribution is -0.148. The van der Waals surface area contributed by atoms with Crippen molar-refractivity contribution in [3.8, 4) is 11.5 Å². The second-order valence-corrected chi connectivity index (χ2v) is 9.00. The van der Waals surface area contributed by atoms with Crippen molar-refractivity contribution >= 4 is 38.7 Å². The van der Waals surface area contributed by atoms with Gasteiger partial charge in [0.05, 0.1) is 29.8 Å². The van der Waals surface area contributed by atoms with Crippen molar-refractivity contribution in [3.63, 3.8) is 0 Å². The molecule has 0 fully saturated rings. The van der Waals surface area contributed by atoms with Gasteiger partial charge in [0.1, 0.15) is 17.1 Å². The second kappa shape index (κ2) is 7.64. The lowest BCUT2D eigenvalue weighted by atomic mass is 9.87. The second-order valence-electron chi connectivity index (χ2n) is 7.97. The minimum atomic E-state index is -1.33. The fourth-order valence-electron chi connectivity index (χ4n) is 4.41. The predicted molar refractivity (Wildman–Crippen MR) is 127 cm³/mol. The van der Waals surface area contributed by atoms with E-state index in [-0.39, 0.29) is 6.04 Å². The zero-order valence-corrected chi connectivity index (χ0v) is 18.6. The summed E-state index contributed by atoms with van der Waals surface area (Å²) >= 11 is 1.59. The van der Waals surface area contributed by atoms with Gasteiger partial charge >= 0.3 is 5.97 Å². The lowest BCUT2D eigenvalue weighted by Crippen LogP contribution is -2.52. The summed E-state index contributed by atoms with van der Waals surface area (Å²) in [6.07, 6.45) is 2.16. The van der Waals surface area contributed by atoms with Crippen LogP contribution in [0.15, 0.2) is 78.4 Å². The first-order valence-electron chi connectivity index (χ1n) is 10.6. The van der Waals surface area contributed by atoms with Crippen molar-refractivity contribution in [2.24, 2.45) is 0 Å². The van der Waals surface area contributed by atoms with E-state index in [1.165, 1.54) is 7.11 Å². The quantitative estimate of drug-likeness (QED) is 0.406. The van der Waals surface area contributed by atoms with Crippen molar-refractivity contribution in [3.05, 3.63) is 89.5 Å². The van der Waals surface area contributed by atoms with Gasteiger partial charge in [0, 0.05) is 11.1 Å². The van der Waals surface area contributed by atoms with Gasteiger partial charge in [-0.05, 0) is 30.3 Å². The summed E-state index contributed by atoms with van der Waals surface area (Å²) in [4.78, 5) is 17.6. The zero-order chi connectivity index (χ0) is 22.4. The van der Waals surface area contributed by atoms with Crippen molar-refractivity contribution in [1.29, 1.82) is 0 Å². The first-order valence-corrected chi connectivity index (χ1v) is 11.5. The minimum Gasteiger partial charge on any atom is -0.465 e. The number of rotatable bonds is 3. The summed E-state index contributed by atoms with van der Waals surface area (Å²) in [5, 5.41) is 4.37. The van der Waals surface area contributed by atoms with E-state index in [0.717, 1.165) is 26.5 Å². The molecule has 3 aromatic carbocycles. The molecule has 4 aromatic rings. The molecule has 1 N–H and O–H groups in total. The van der Waals surface area contributed by atoms with Crippen LogP contribution in [0.5, 0.6) is 11.5 Å². The van der Waals surface area contributed by atoms with Gasteiger partial charge in [-0.25, -0.2) is 9.78 Å².